The number of nitrogens with one attached hydrogen (secondary N) is 1. The highest BCUT2D eigenvalue weighted by molar-refractivity contribution is 5.75. The van der Waals surface area contributed by atoms with E-state index in [4.69, 9.17) is 5.11 Å². The molecule has 0 saturated heterocycles. The maximum Gasteiger partial charge on any atom is 0.317 e. The minimum atomic E-state index is -0.861. The van der Waals surface area contributed by atoms with Crippen LogP contribution >= 0.6 is 0 Å². The lowest BCUT2D eigenvalue weighted by Gasteiger charge is -2.43. The van der Waals surface area contributed by atoms with Gasteiger partial charge in [-0.25, -0.2) is 13.6 Å². The molecule has 26 heavy (non-hydrogen) atoms. The Hall–Kier alpha value is -2.22. The summed E-state index contributed by atoms with van der Waals surface area (Å²) in [5.41, 5.74) is 0.599. The van der Waals surface area contributed by atoms with Crippen LogP contribution in [0.15, 0.2) is 12.1 Å². The molecular formula is C18H23F2N3O3. The SMILES string of the molecule is CCN(CC(=O)O)C1CC(NC(=O)N2CCc3c(F)ccc(F)c3C2)C1. The standard InChI is InChI=1S/C18H23F2N3O3/c1-2-22(10-17(24)25)12-7-11(8-12)21-18(26)23-6-5-13-14(9-23)16(20)4-3-15(13)19/h3-4,11-12H,2,5-10H2,1H3,(H,21,26)(H,24,25). The number of amides is 2. The number of likely N-dealkylation sites (N-methyl/N-ethyl adjacent to an activating group) is 1. The van der Waals surface area contributed by atoms with E-state index in [9.17, 15) is 18.4 Å². The summed E-state index contributed by atoms with van der Waals surface area (Å²) in [6, 6.07) is 2.05. The predicted octanol–water partition coefficient (Wildman–Crippen LogP) is 1.97. The average molecular weight is 367 g/mol. The van der Waals surface area contributed by atoms with Gasteiger partial charge in [-0.05, 0) is 43.5 Å². The number of carbonyl (C=O) groups excluding carboxylic acids is 1. The van der Waals surface area contributed by atoms with Gasteiger partial charge in [-0.3, -0.25) is 9.69 Å². The summed E-state index contributed by atoms with van der Waals surface area (Å²) in [5.74, 6) is -1.78. The first-order valence-corrected chi connectivity index (χ1v) is 8.86. The van der Waals surface area contributed by atoms with Crippen LogP contribution in [0.4, 0.5) is 13.6 Å². The van der Waals surface area contributed by atoms with Crippen molar-refractivity contribution in [2.45, 2.75) is 44.8 Å². The average Bonchev–Trinajstić information content (AvgIpc) is 2.58. The first-order chi connectivity index (χ1) is 12.4. The van der Waals surface area contributed by atoms with Crippen molar-refractivity contribution in [3.05, 3.63) is 34.9 Å². The van der Waals surface area contributed by atoms with E-state index in [1.807, 2.05) is 11.8 Å². The molecule has 2 N–H and O–H groups in total. The maximum atomic E-state index is 13.9. The predicted molar refractivity (Wildman–Crippen MR) is 90.7 cm³/mol. The van der Waals surface area contributed by atoms with Crippen molar-refractivity contribution < 1.29 is 23.5 Å². The van der Waals surface area contributed by atoms with Crippen molar-refractivity contribution in [3.63, 3.8) is 0 Å². The number of urea groups is 1. The number of carboxylic acid groups (broad SMARTS) is 1. The second-order valence-electron chi connectivity index (χ2n) is 6.89. The Kier molecular flexibility index (Phi) is 5.41. The van der Waals surface area contributed by atoms with Crippen LogP contribution in [0.3, 0.4) is 0 Å². The van der Waals surface area contributed by atoms with Gasteiger partial charge in [0, 0.05) is 24.2 Å². The summed E-state index contributed by atoms with van der Waals surface area (Å²) in [6.45, 7) is 2.95. The lowest BCUT2D eigenvalue weighted by Crippen LogP contribution is -2.57. The van der Waals surface area contributed by atoms with Crippen LogP contribution in [0.2, 0.25) is 0 Å². The van der Waals surface area contributed by atoms with Crippen LogP contribution in [-0.2, 0) is 17.8 Å². The summed E-state index contributed by atoms with van der Waals surface area (Å²) in [6.07, 6.45) is 1.68. The molecule has 1 saturated carbocycles. The number of hydrogen-bond donors (Lipinski definition) is 2. The summed E-state index contributed by atoms with van der Waals surface area (Å²) in [5, 5.41) is 11.8. The van der Waals surface area contributed by atoms with E-state index in [-0.39, 0.29) is 36.8 Å². The first-order valence-electron chi connectivity index (χ1n) is 8.86. The number of halogens is 2. The van der Waals surface area contributed by atoms with Crippen molar-refractivity contribution in [1.29, 1.82) is 0 Å². The molecule has 6 nitrogen and oxygen atoms in total. The van der Waals surface area contributed by atoms with Gasteiger partial charge in [0.2, 0.25) is 0 Å². The smallest absolute Gasteiger partial charge is 0.317 e. The third-order valence-corrected chi connectivity index (χ3v) is 5.29. The molecule has 2 amide bonds. The van der Waals surface area contributed by atoms with E-state index in [1.54, 1.807) is 0 Å². The Morgan fingerprint density at radius 2 is 1.92 bits per heavy atom. The quantitative estimate of drug-likeness (QED) is 0.835. The third-order valence-electron chi connectivity index (χ3n) is 5.29. The number of hydrogen-bond acceptors (Lipinski definition) is 3. The van der Waals surface area contributed by atoms with Gasteiger partial charge in [-0.15, -0.1) is 0 Å². The molecule has 1 aliphatic carbocycles. The van der Waals surface area contributed by atoms with Crippen LogP contribution < -0.4 is 5.32 Å². The van der Waals surface area contributed by atoms with Gasteiger partial charge in [-0.2, -0.15) is 0 Å². The number of aliphatic carboxylic acids is 1. The van der Waals surface area contributed by atoms with E-state index in [0.29, 0.717) is 37.9 Å². The molecule has 3 rings (SSSR count). The molecule has 1 aliphatic heterocycles. The molecule has 0 bridgehead atoms. The fraction of sp³-hybridized carbons (Fsp3) is 0.556. The number of fused-ring (bicyclic) bond motifs is 1. The third kappa shape index (κ3) is 3.80. The van der Waals surface area contributed by atoms with Crippen LogP contribution in [0.25, 0.3) is 0 Å². The molecule has 142 valence electrons. The van der Waals surface area contributed by atoms with Crippen molar-refractivity contribution in [1.82, 2.24) is 15.1 Å². The van der Waals surface area contributed by atoms with E-state index in [2.05, 4.69) is 5.32 Å². The monoisotopic (exact) mass is 367 g/mol. The molecule has 0 radical (unpaired) electrons. The zero-order chi connectivity index (χ0) is 18.8. The summed E-state index contributed by atoms with van der Waals surface area (Å²) in [7, 11) is 0. The van der Waals surface area contributed by atoms with Gasteiger partial charge in [0.05, 0.1) is 13.1 Å². The minimum Gasteiger partial charge on any atom is -0.480 e. The zero-order valence-corrected chi connectivity index (χ0v) is 14.7. The largest absolute Gasteiger partial charge is 0.480 e. The van der Waals surface area contributed by atoms with Gasteiger partial charge in [0.1, 0.15) is 11.6 Å². The van der Waals surface area contributed by atoms with Crippen LogP contribution in [0.1, 0.15) is 30.9 Å². The Labute approximate surface area is 150 Å². The van der Waals surface area contributed by atoms with Crippen LogP contribution in [0, 0.1) is 11.6 Å². The number of carboxylic acids is 1. The van der Waals surface area contributed by atoms with Gasteiger partial charge >= 0.3 is 12.0 Å². The second-order valence-corrected chi connectivity index (χ2v) is 6.89. The van der Waals surface area contributed by atoms with Gasteiger partial charge in [0.15, 0.2) is 0 Å². The van der Waals surface area contributed by atoms with E-state index >= 15 is 0 Å². The Morgan fingerprint density at radius 1 is 1.27 bits per heavy atom. The van der Waals surface area contributed by atoms with Crippen molar-refractivity contribution in [2.24, 2.45) is 0 Å². The maximum absolute atomic E-state index is 13.9. The molecule has 0 atom stereocenters. The van der Waals surface area contributed by atoms with E-state index in [0.717, 1.165) is 12.1 Å². The molecule has 0 spiro atoms. The lowest BCUT2D eigenvalue weighted by molar-refractivity contribution is -0.139. The number of nitrogens with zero attached hydrogens (tertiary/aromatic N) is 2. The molecule has 2 aliphatic rings. The zero-order valence-electron chi connectivity index (χ0n) is 14.7. The Balaban J connectivity index is 1.53. The summed E-state index contributed by atoms with van der Waals surface area (Å²) < 4.78 is 27.7. The minimum absolute atomic E-state index is 0.00438. The number of carbonyl (C=O) groups is 2. The van der Waals surface area contributed by atoms with Gasteiger partial charge < -0.3 is 15.3 Å². The first kappa shape index (κ1) is 18.6. The highest BCUT2D eigenvalue weighted by Gasteiger charge is 2.36. The summed E-state index contributed by atoms with van der Waals surface area (Å²) in [4.78, 5) is 26.6. The molecule has 1 heterocycles. The van der Waals surface area contributed by atoms with Crippen molar-refractivity contribution in [3.8, 4) is 0 Å². The molecule has 1 aromatic rings. The second kappa shape index (κ2) is 7.57. The topological polar surface area (TPSA) is 72.9 Å². The fourth-order valence-corrected chi connectivity index (χ4v) is 3.71. The van der Waals surface area contributed by atoms with Gasteiger partial charge in [0.25, 0.3) is 0 Å². The fourth-order valence-electron chi connectivity index (χ4n) is 3.71. The highest BCUT2D eigenvalue weighted by atomic mass is 19.1. The van der Waals surface area contributed by atoms with E-state index in [1.165, 1.54) is 4.90 Å². The molecule has 1 aromatic carbocycles. The normalized spacial score (nSPS) is 21.9. The highest BCUT2D eigenvalue weighted by Crippen LogP contribution is 2.27. The number of benzene rings is 1. The lowest BCUT2D eigenvalue weighted by atomic mass is 9.85. The molecule has 1 fully saturated rings. The molecular weight excluding hydrogens is 344 g/mol. The van der Waals surface area contributed by atoms with Crippen molar-refractivity contribution in [2.75, 3.05) is 19.6 Å². The molecule has 0 aromatic heterocycles. The van der Waals surface area contributed by atoms with E-state index < -0.39 is 17.6 Å². The van der Waals surface area contributed by atoms with Crippen molar-refractivity contribution >= 4 is 12.0 Å². The van der Waals surface area contributed by atoms with Gasteiger partial charge in [-0.1, -0.05) is 6.92 Å². The molecule has 0 unspecified atom stereocenters. The Bertz CT molecular complexity index is 707. The Morgan fingerprint density at radius 3 is 2.54 bits per heavy atom. The van der Waals surface area contributed by atoms with Crippen LogP contribution in [0.5, 0.6) is 0 Å². The molecule has 8 heteroatoms. The van der Waals surface area contributed by atoms with Crippen LogP contribution in [-0.4, -0.2) is 58.6 Å². The number of rotatable bonds is 5. The summed E-state index contributed by atoms with van der Waals surface area (Å²) >= 11 is 0.